The van der Waals surface area contributed by atoms with Crippen LogP contribution >= 0.6 is 23.1 Å². The van der Waals surface area contributed by atoms with E-state index in [0.717, 1.165) is 21.3 Å². The van der Waals surface area contributed by atoms with E-state index in [1.54, 1.807) is 11.8 Å². The van der Waals surface area contributed by atoms with Crippen molar-refractivity contribution in [2.24, 2.45) is 0 Å². The Bertz CT molecular complexity index is 788. The number of anilines is 2. The number of thioether (sulfide) groups is 1. The van der Waals surface area contributed by atoms with Gasteiger partial charge in [0.25, 0.3) is 0 Å². The van der Waals surface area contributed by atoms with E-state index in [1.807, 2.05) is 45.0 Å². The fraction of sp³-hybridized carbons (Fsp3) is 0.375. The average molecular weight is 362 g/mol. The SMILES string of the molecule is CCSc1nnc(NC(=O)CN2C(=O)C(C)(C)c3ccccc32)s1. The lowest BCUT2D eigenvalue weighted by atomic mass is 9.86. The molecular formula is C16H18N4O2S2. The first kappa shape index (κ1) is 16.9. The smallest absolute Gasteiger partial charge is 0.246 e. The predicted molar refractivity (Wildman–Crippen MR) is 96.8 cm³/mol. The normalized spacial score (nSPS) is 15.5. The number of benzene rings is 1. The van der Waals surface area contributed by atoms with E-state index in [9.17, 15) is 9.59 Å². The Balaban J connectivity index is 1.73. The molecule has 8 heteroatoms. The summed E-state index contributed by atoms with van der Waals surface area (Å²) >= 11 is 2.91. The molecule has 1 aliphatic heterocycles. The number of rotatable bonds is 5. The molecule has 2 aromatic rings. The van der Waals surface area contributed by atoms with Crippen LogP contribution < -0.4 is 10.2 Å². The molecule has 0 saturated carbocycles. The van der Waals surface area contributed by atoms with Crippen molar-refractivity contribution in [1.82, 2.24) is 10.2 Å². The zero-order valence-corrected chi connectivity index (χ0v) is 15.3. The number of fused-ring (bicyclic) bond motifs is 1. The fourth-order valence-corrected chi connectivity index (χ4v) is 4.37. The van der Waals surface area contributed by atoms with E-state index < -0.39 is 5.41 Å². The van der Waals surface area contributed by atoms with E-state index >= 15 is 0 Å². The molecule has 1 aliphatic rings. The van der Waals surface area contributed by atoms with Crippen molar-refractivity contribution in [3.05, 3.63) is 29.8 Å². The number of carbonyl (C=O) groups is 2. The number of carbonyl (C=O) groups excluding carboxylic acids is 2. The van der Waals surface area contributed by atoms with Crippen LogP contribution in [0.4, 0.5) is 10.8 Å². The number of amides is 2. The summed E-state index contributed by atoms with van der Waals surface area (Å²) in [7, 11) is 0. The van der Waals surface area contributed by atoms with E-state index in [-0.39, 0.29) is 18.4 Å². The molecule has 2 amide bonds. The standard InChI is InChI=1S/C16H18N4O2S2/c1-4-23-15-19-18-14(24-15)17-12(21)9-20-11-8-6-5-7-10(11)16(2,3)13(20)22/h5-8H,4,9H2,1-3H3,(H,17,18,21). The lowest BCUT2D eigenvalue weighted by Crippen LogP contribution is -2.40. The summed E-state index contributed by atoms with van der Waals surface area (Å²) in [6, 6.07) is 7.59. The van der Waals surface area contributed by atoms with Gasteiger partial charge in [0.1, 0.15) is 6.54 Å². The minimum absolute atomic E-state index is 0.0326. The topological polar surface area (TPSA) is 75.2 Å². The highest BCUT2D eigenvalue weighted by atomic mass is 32.2. The number of hydrogen-bond acceptors (Lipinski definition) is 6. The van der Waals surface area contributed by atoms with Crippen LogP contribution in [0.25, 0.3) is 0 Å². The van der Waals surface area contributed by atoms with E-state index in [0.29, 0.717) is 5.13 Å². The van der Waals surface area contributed by atoms with Crippen molar-refractivity contribution in [3.8, 4) is 0 Å². The predicted octanol–water partition coefficient (Wildman–Crippen LogP) is 2.91. The van der Waals surface area contributed by atoms with Gasteiger partial charge in [-0.1, -0.05) is 48.2 Å². The number of hydrogen-bond donors (Lipinski definition) is 1. The minimum Gasteiger partial charge on any atom is -0.302 e. The maximum absolute atomic E-state index is 12.7. The van der Waals surface area contributed by atoms with Gasteiger partial charge in [0, 0.05) is 5.69 Å². The van der Waals surface area contributed by atoms with Crippen LogP contribution in [0.2, 0.25) is 0 Å². The van der Waals surface area contributed by atoms with Gasteiger partial charge >= 0.3 is 0 Å². The third-order valence-corrected chi connectivity index (χ3v) is 5.72. The summed E-state index contributed by atoms with van der Waals surface area (Å²) in [5.74, 6) is 0.551. The second kappa shape index (κ2) is 6.52. The molecule has 0 bridgehead atoms. The van der Waals surface area contributed by atoms with E-state index in [1.165, 1.54) is 16.2 Å². The lowest BCUT2D eigenvalue weighted by molar-refractivity contribution is -0.124. The third-order valence-electron chi connectivity index (χ3n) is 3.87. The highest BCUT2D eigenvalue weighted by Crippen LogP contribution is 2.41. The highest BCUT2D eigenvalue weighted by molar-refractivity contribution is 8.01. The molecule has 0 saturated heterocycles. The number of aromatic nitrogens is 2. The van der Waals surface area contributed by atoms with Crippen LogP contribution in [0.15, 0.2) is 28.6 Å². The average Bonchev–Trinajstić information content (AvgIpc) is 3.05. The number of nitrogens with zero attached hydrogens (tertiary/aromatic N) is 3. The quantitative estimate of drug-likeness (QED) is 0.654. The van der Waals surface area contributed by atoms with Crippen LogP contribution in [0.1, 0.15) is 26.3 Å². The van der Waals surface area contributed by atoms with Gasteiger partial charge in [-0.25, -0.2) is 0 Å². The Morgan fingerprint density at radius 1 is 1.33 bits per heavy atom. The third kappa shape index (κ3) is 3.03. The Labute approximate surface area is 148 Å². The van der Waals surface area contributed by atoms with Crippen molar-refractivity contribution in [3.63, 3.8) is 0 Å². The van der Waals surface area contributed by atoms with Crippen molar-refractivity contribution in [2.75, 3.05) is 22.5 Å². The summed E-state index contributed by atoms with van der Waals surface area (Å²) in [5, 5.41) is 11.1. The van der Waals surface area contributed by atoms with Gasteiger partial charge < -0.3 is 4.90 Å². The number of nitrogens with one attached hydrogen (secondary N) is 1. The molecule has 0 radical (unpaired) electrons. The first-order valence-corrected chi connectivity index (χ1v) is 9.41. The first-order chi connectivity index (χ1) is 11.4. The van der Waals surface area contributed by atoms with Crippen molar-refractivity contribution < 1.29 is 9.59 Å². The van der Waals surface area contributed by atoms with Crippen molar-refractivity contribution >= 4 is 45.7 Å². The zero-order chi connectivity index (χ0) is 17.3. The minimum atomic E-state index is -0.620. The maximum Gasteiger partial charge on any atom is 0.246 e. The summed E-state index contributed by atoms with van der Waals surface area (Å²) in [6.07, 6.45) is 0. The molecule has 0 fully saturated rings. The Hall–Kier alpha value is -1.93. The summed E-state index contributed by atoms with van der Waals surface area (Å²) in [6.45, 7) is 5.76. The summed E-state index contributed by atoms with van der Waals surface area (Å²) in [4.78, 5) is 26.5. The van der Waals surface area contributed by atoms with Gasteiger partial charge in [-0.3, -0.25) is 14.9 Å². The van der Waals surface area contributed by atoms with Crippen LogP contribution in [0.5, 0.6) is 0 Å². The van der Waals surface area contributed by atoms with Gasteiger partial charge in [0.05, 0.1) is 5.41 Å². The molecule has 0 unspecified atom stereocenters. The van der Waals surface area contributed by atoms with Crippen molar-refractivity contribution in [1.29, 1.82) is 0 Å². The molecule has 126 valence electrons. The molecular weight excluding hydrogens is 344 g/mol. The first-order valence-electron chi connectivity index (χ1n) is 7.61. The molecule has 24 heavy (non-hydrogen) atoms. The Morgan fingerprint density at radius 3 is 2.83 bits per heavy atom. The Kier molecular flexibility index (Phi) is 4.60. The van der Waals surface area contributed by atoms with Gasteiger partial charge in [-0.15, -0.1) is 10.2 Å². The molecule has 3 rings (SSSR count). The second-order valence-corrected chi connectivity index (χ2v) is 8.38. The molecule has 0 aliphatic carbocycles. The van der Waals surface area contributed by atoms with Gasteiger partial charge in [0.2, 0.25) is 16.9 Å². The molecule has 2 heterocycles. The fourth-order valence-electron chi connectivity index (χ4n) is 2.70. The monoisotopic (exact) mass is 362 g/mol. The van der Waals surface area contributed by atoms with E-state index in [4.69, 9.17) is 0 Å². The molecule has 6 nitrogen and oxygen atoms in total. The highest BCUT2D eigenvalue weighted by Gasteiger charge is 2.44. The zero-order valence-electron chi connectivity index (χ0n) is 13.7. The molecule has 0 spiro atoms. The maximum atomic E-state index is 12.7. The van der Waals surface area contributed by atoms with Crippen LogP contribution in [-0.4, -0.2) is 34.3 Å². The van der Waals surface area contributed by atoms with Crippen molar-refractivity contribution in [2.45, 2.75) is 30.5 Å². The van der Waals surface area contributed by atoms with Gasteiger partial charge in [0.15, 0.2) is 4.34 Å². The summed E-state index contributed by atoms with van der Waals surface area (Å²) < 4.78 is 0.816. The largest absolute Gasteiger partial charge is 0.302 e. The lowest BCUT2D eigenvalue weighted by Gasteiger charge is -2.19. The Morgan fingerprint density at radius 2 is 2.08 bits per heavy atom. The van der Waals surface area contributed by atoms with Gasteiger partial charge in [-0.05, 0) is 31.2 Å². The molecule has 0 atom stereocenters. The number of para-hydroxylation sites is 1. The van der Waals surface area contributed by atoms with Crippen LogP contribution in [0.3, 0.4) is 0 Å². The van der Waals surface area contributed by atoms with Crippen LogP contribution in [-0.2, 0) is 15.0 Å². The van der Waals surface area contributed by atoms with E-state index in [2.05, 4.69) is 15.5 Å². The molecule has 1 aromatic heterocycles. The molecule has 1 N–H and O–H groups in total. The second-order valence-electron chi connectivity index (χ2n) is 5.89. The van der Waals surface area contributed by atoms with Crippen LogP contribution in [0, 0.1) is 0 Å². The summed E-state index contributed by atoms with van der Waals surface area (Å²) in [5.41, 5.74) is 1.12. The van der Waals surface area contributed by atoms with Gasteiger partial charge in [-0.2, -0.15) is 0 Å². The molecule has 1 aromatic carbocycles.